The van der Waals surface area contributed by atoms with E-state index in [-0.39, 0.29) is 10.7 Å². The summed E-state index contributed by atoms with van der Waals surface area (Å²) < 4.78 is 2.13. The van der Waals surface area contributed by atoms with Gasteiger partial charge < -0.3 is 4.57 Å². The van der Waals surface area contributed by atoms with Gasteiger partial charge in [0.05, 0.1) is 11.4 Å². The molecule has 1 aliphatic heterocycles. The topological polar surface area (TPSA) is 45.6 Å². The fourth-order valence-corrected chi connectivity index (χ4v) is 5.18. The average molecular weight is 520 g/mol. The lowest BCUT2D eigenvalue weighted by molar-refractivity contribution is -0.120. The molecule has 4 aromatic rings. The fourth-order valence-electron chi connectivity index (χ4n) is 4.81. The summed E-state index contributed by atoms with van der Waals surface area (Å²) >= 11 is 5.76. The molecule has 38 heavy (non-hydrogen) atoms. The van der Waals surface area contributed by atoms with E-state index in [1.54, 1.807) is 6.08 Å². The molecule has 0 unspecified atom stereocenters. The Labute approximate surface area is 228 Å². The highest BCUT2D eigenvalue weighted by Crippen LogP contribution is 2.32. The predicted molar refractivity (Wildman–Crippen MR) is 158 cm³/mol. The average Bonchev–Trinajstić information content (AvgIpc) is 3.17. The summed E-state index contributed by atoms with van der Waals surface area (Å²) in [5, 5.41) is 0.136. The maximum absolute atomic E-state index is 14.0. The van der Waals surface area contributed by atoms with Gasteiger partial charge in [-0.2, -0.15) is 0 Å². The quantitative estimate of drug-likeness (QED) is 0.170. The first-order valence-corrected chi connectivity index (χ1v) is 12.9. The zero-order chi connectivity index (χ0) is 27.1. The van der Waals surface area contributed by atoms with Gasteiger partial charge in [-0.1, -0.05) is 42.0 Å². The van der Waals surface area contributed by atoms with E-state index in [4.69, 9.17) is 12.2 Å². The molecule has 0 atom stereocenters. The molecule has 2 heterocycles. The highest BCUT2D eigenvalue weighted by molar-refractivity contribution is 7.81. The number of amides is 2. The number of carbonyl (C=O) groups excluding carboxylic acids is 2. The molecule has 0 aliphatic carbocycles. The minimum atomic E-state index is -0.438. The molecule has 5 nitrogen and oxygen atoms in total. The second kappa shape index (κ2) is 9.88. The first-order valence-electron chi connectivity index (χ1n) is 12.5. The summed E-state index contributed by atoms with van der Waals surface area (Å²) in [5.74, 6) is -0.873. The van der Waals surface area contributed by atoms with Gasteiger partial charge in [-0.15, -0.1) is 0 Å². The molecule has 0 N–H and O–H groups in total. The summed E-state index contributed by atoms with van der Waals surface area (Å²) in [6.07, 6.45) is 1.70. The molecule has 5 rings (SSSR count). The monoisotopic (exact) mass is 519 g/mol. The van der Waals surface area contributed by atoms with E-state index in [0.29, 0.717) is 11.4 Å². The van der Waals surface area contributed by atoms with Gasteiger partial charge in [0, 0.05) is 17.1 Å². The molecule has 6 heteroatoms. The molecule has 0 radical (unpaired) electrons. The lowest BCUT2D eigenvalue weighted by Gasteiger charge is -2.36. The van der Waals surface area contributed by atoms with Gasteiger partial charge in [-0.05, 0) is 112 Å². The molecule has 1 saturated heterocycles. The Balaban J connectivity index is 1.66. The van der Waals surface area contributed by atoms with Crippen molar-refractivity contribution in [3.05, 3.63) is 118 Å². The van der Waals surface area contributed by atoms with Crippen molar-refractivity contribution in [3.8, 4) is 5.69 Å². The number of hydrogen-bond acceptors (Lipinski definition) is 3. The van der Waals surface area contributed by atoms with Crippen LogP contribution < -0.4 is 9.80 Å². The van der Waals surface area contributed by atoms with Crippen molar-refractivity contribution in [3.63, 3.8) is 0 Å². The maximum Gasteiger partial charge on any atom is 0.270 e. The first-order chi connectivity index (χ1) is 18.2. The number of nitrogens with zero attached hydrogens (tertiary/aromatic N) is 3. The van der Waals surface area contributed by atoms with E-state index in [9.17, 15) is 9.59 Å². The number of thiocarbonyl (C=S) groups is 1. The molecule has 0 spiro atoms. The standard InChI is InChI=1S/C32H29N3O2S/c1-20-11-14-27(15-12-20)33-23(4)18-25(24(33)5)19-29-30(36)34(26-9-7-6-8-10-26)32(38)35(31(29)37)28-16-13-21(2)22(3)17-28/h6-19H,1-5H3/b29-19-. The zero-order valence-electron chi connectivity index (χ0n) is 22.1. The lowest BCUT2D eigenvalue weighted by atomic mass is 10.0. The van der Waals surface area contributed by atoms with Crippen molar-refractivity contribution in [1.82, 2.24) is 4.57 Å². The molecule has 2 amide bonds. The van der Waals surface area contributed by atoms with Crippen LogP contribution in [0.15, 0.2) is 84.4 Å². The van der Waals surface area contributed by atoms with E-state index in [1.807, 2.05) is 82.3 Å². The highest BCUT2D eigenvalue weighted by atomic mass is 32.1. The van der Waals surface area contributed by atoms with Crippen molar-refractivity contribution < 1.29 is 9.59 Å². The van der Waals surface area contributed by atoms with Crippen LogP contribution in [0.3, 0.4) is 0 Å². The van der Waals surface area contributed by atoms with E-state index in [1.165, 1.54) is 15.4 Å². The summed E-state index contributed by atoms with van der Waals surface area (Å²) in [6.45, 7) is 10.1. The van der Waals surface area contributed by atoms with E-state index >= 15 is 0 Å². The first kappa shape index (κ1) is 25.4. The van der Waals surface area contributed by atoms with Crippen molar-refractivity contribution in [2.75, 3.05) is 9.80 Å². The summed E-state index contributed by atoms with van der Waals surface area (Å²) in [5.41, 5.74) is 8.42. The molecule has 190 valence electrons. The number of aromatic nitrogens is 1. The summed E-state index contributed by atoms with van der Waals surface area (Å²) in [6, 6.07) is 25.3. The van der Waals surface area contributed by atoms with Crippen molar-refractivity contribution in [2.45, 2.75) is 34.6 Å². The molecular weight excluding hydrogens is 490 g/mol. The van der Waals surface area contributed by atoms with Crippen molar-refractivity contribution in [2.24, 2.45) is 0 Å². The third-order valence-electron chi connectivity index (χ3n) is 7.07. The number of hydrogen-bond donors (Lipinski definition) is 0. The van der Waals surface area contributed by atoms with Crippen LogP contribution >= 0.6 is 12.2 Å². The maximum atomic E-state index is 14.0. The molecule has 0 saturated carbocycles. The minimum Gasteiger partial charge on any atom is -0.318 e. The van der Waals surface area contributed by atoms with Crippen LogP contribution in [0.2, 0.25) is 0 Å². The smallest absolute Gasteiger partial charge is 0.270 e. The third-order valence-corrected chi connectivity index (χ3v) is 7.44. The molecular formula is C32H29N3O2S. The van der Waals surface area contributed by atoms with Crippen LogP contribution in [0.25, 0.3) is 11.8 Å². The van der Waals surface area contributed by atoms with Gasteiger partial charge in [0.1, 0.15) is 5.57 Å². The molecule has 0 bridgehead atoms. The molecule has 3 aromatic carbocycles. The number of carbonyl (C=O) groups is 2. The number of benzene rings is 3. The van der Waals surface area contributed by atoms with Crippen LogP contribution in [-0.4, -0.2) is 21.5 Å². The van der Waals surface area contributed by atoms with E-state index in [2.05, 4.69) is 35.8 Å². The minimum absolute atomic E-state index is 0.0600. The Morgan fingerprint density at radius 1 is 0.658 bits per heavy atom. The SMILES string of the molecule is Cc1ccc(-n2c(C)cc(/C=C3/C(=O)N(c4ccccc4)C(=S)N(c4ccc(C)c(C)c4)C3=O)c2C)cc1. The Morgan fingerprint density at radius 3 is 1.89 bits per heavy atom. The fraction of sp³-hybridized carbons (Fsp3) is 0.156. The lowest BCUT2D eigenvalue weighted by Crippen LogP contribution is -2.57. The van der Waals surface area contributed by atoms with Gasteiger partial charge in [0.2, 0.25) is 0 Å². The Bertz CT molecular complexity index is 1610. The van der Waals surface area contributed by atoms with Gasteiger partial charge in [0.15, 0.2) is 5.11 Å². The second-order valence-corrected chi connectivity index (χ2v) is 10.1. The number of para-hydroxylation sites is 1. The normalized spacial score (nSPS) is 15.1. The summed E-state index contributed by atoms with van der Waals surface area (Å²) in [7, 11) is 0. The third kappa shape index (κ3) is 4.37. The number of aryl methyl sites for hydroxylation is 4. The molecule has 1 fully saturated rings. The number of anilines is 2. The Morgan fingerprint density at radius 2 is 1.26 bits per heavy atom. The summed E-state index contributed by atoms with van der Waals surface area (Å²) in [4.78, 5) is 30.7. The van der Waals surface area contributed by atoms with Crippen molar-refractivity contribution >= 4 is 46.6 Å². The highest BCUT2D eigenvalue weighted by Gasteiger charge is 2.41. The van der Waals surface area contributed by atoms with Crippen LogP contribution in [-0.2, 0) is 9.59 Å². The Kier molecular flexibility index (Phi) is 6.59. The second-order valence-electron chi connectivity index (χ2n) is 9.72. The van der Waals surface area contributed by atoms with Gasteiger partial charge >= 0.3 is 0 Å². The predicted octanol–water partition coefficient (Wildman–Crippen LogP) is 6.77. The van der Waals surface area contributed by atoms with Crippen LogP contribution in [0.1, 0.15) is 33.6 Å². The largest absolute Gasteiger partial charge is 0.318 e. The van der Waals surface area contributed by atoms with Crippen LogP contribution in [0, 0.1) is 34.6 Å². The van der Waals surface area contributed by atoms with E-state index < -0.39 is 11.8 Å². The van der Waals surface area contributed by atoms with Gasteiger partial charge in [-0.25, -0.2) is 0 Å². The molecule has 1 aliphatic rings. The Hall–Kier alpha value is -4.29. The van der Waals surface area contributed by atoms with Gasteiger partial charge in [0.25, 0.3) is 11.8 Å². The van der Waals surface area contributed by atoms with Crippen LogP contribution in [0.5, 0.6) is 0 Å². The van der Waals surface area contributed by atoms with Crippen LogP contribution in [0.4, 0.5) is 11.4 Å². The van der Waals surface area contributed by atoms with Gasteiger partial charge in [-0.3, -0.25) is 19.4 Å². The van der Waals surface area contributed by atoms with E-state index in [0.717, 1.165) is 33.8 Å². The van der Waals surface area contributed by atoms with Crippen molar-refractivity contribution in [1.29, 1.82) is 0 Å². The number of rotatable bonds is 4. The zero-order valence-corrected chi connectivity index (χ0v) is 23.0. The molecule has 1 aromatic heterocycles.